The Labute approximate surface area is 208 Å². The van der Waals surface area contributed by atoms with Crippen molar-refractivity contribution < 1.29 is 27.4 Å². The number of anilines is 1. The minimum atomic E-state index is -1.07. The number of nitrogens with one attached hydrogen (secondary N) is 1. The number of rotatable bonds is 10. The fraction of sp³-hybridized carbons (Fsp3) is 0.321. The topological polar surface area (TPSA) is 50.8 Å². The highest BCUT2D eigenvalue weighted by molar-refractivity contribution is 5.94. The number of amides is 1. The first-order chi connectivity index (χ1) is 17.4. The zero-order valence-electron chi connectivity index (χ0n) is 20.1. The van der Waals surface area contributed by atoms with Crippen molar-refractivity contribution >= 4 is 11.6 Å². The van der Waals surface area contributed by atoms with Gasteiger partial charge in [0.25, 0.3) is 5.91 Å². The summed E-state index contributed by atoms with van der Waals surface area (Å²) >= 11 is 0. The lowest BCUT2D eigenvalue weighted by molar-refractivity contribution is -0.123. The molecule has 1 saturated heterocycles. The van der Waals surface area contributed by atoms with Crippen molar-refractivity contribution in [2.75, 3.05) is 25.0 Å². The standard InChI is InChI=1S/C28H29F3N2O3/c1-19-4-2-5-20(14-19)16-33(17-24-6-3-13-35-24)18-27(36-23-11-12-25(30)26(31)15-23)28(34)32-22-9-7-21(29)8-10-22/h2,4-5,7-12,14-15,24,27H,3,6,13,16-18H2,1H3,(H,32,34)/t24-,27+/m1/s1. The summed E-state index contributed by atoms with van der Waals surface area (Å²) in [6, 6.07) is 16.6. The molecule has 0 aromatic heterocycles. The SMILES string of the molecule is Cc1cccc(CN(C[C@H]2CCCO2)C[C@H](Oc2ccc(F)c(F)c2)C(=O)Nc2ccc(F)cc2)c1. The minimum absolute atomic E-state index is 0.0267. The summed E-state index contributed by atoms with van der Waals surface area (Å²) in [6.45, 7) is 4.00. The molecular weight excluding hydrogens is 469 g/mol. The van der Waals surface area contributed by atoms with E-state index in [9.17, 15) is 18.0 Å². The second kappa shape index (κ2) is 12.1. The fourth-order valence-corrected chi connectivity index (χ4v) is 4.23. The lowest BCUT2D eigenvalue weighted by Gasteiger charge is -2.29. The van der Waals surface area contributed by atoms with Crippen LogP contribution < -0.4 is 10.1 Å². The molecule has 0 spiro atoms. The van der Waals surface area contributed by atoms with Crippen LogP contribution in [0.15, 0.2) is 66.7 Å². The van der Waals surface area contributed by atoms with Crippen LogP contribution in [0.4, 0.5) is 18.9 Å². The molecule has 8 heteroatoms. The summed E-state index contributed by atoms with van der Waals surface area (Å²) < 4.78 is 52.4. The van der Waals surface area contributed by atoms with Gasteiger partial charge in [0, 0.05) is 38.0 Å². The first-order valence-electron chi connectivity index (χ1n) is 11.9. The number of carbonyl (C=O) groups excluding carboxylic acids is 1. The zero-order chi connectivity index (χ0) is 25.5. The third-order valence-electron chi connectivity index (χ3n) is 5.97. The Morgan fingerprint density at radius 1 is 1.08 bits per heavy atom. The summed E-state index contributed by atoms with van der Waals surface area (Å²) in [4.78, 5) is 15.3. The van der Waals surface area contributed by atoms with Gasteiger partial charge in [-0.3, -0.25) is 9.69 Å². The largest absolute Gasteiger partial charge is 0.479 e. The van der Waals surface area contributed by atoms with Crippen LogP contribution in [0.25, 0.3) is 0 Å². The Kier molecular flexibility index (Phi) is 8.61. The number of hydrogen-bond acceptors (Lipinski definition) is 4. The van der Waals surface area contributed by atoms with Crippen LogP contribution in [0.1, 0.15) is 24.0 Å². The predicted molar refractivity (Wildman–Crippen MR) is 131 cm³/mol. The number of carbonyl (C=O) groups is 1. The van der Waals surface area contributed by atoms with Gasteiger partial charge in [-0.05, 0) is 61.7 Å². The molecule has 0 radical (unpaired) electrons. The van der Waals surface area contributed by atoms with E-state index in [4.69, 9.17) is 9.47 Å². The molecule has 3 aromatic carbocycles. The maximum absolute atomic E-state index is 13.9. The number of ether oxygens (including phenoxy) is 2. The number of halogens is 3. The van der Waals surface area contributed by atoms with Crippen LogP contribution in [0.3, 0.4) is 0 Å². The molecule has 1 aliphatic rings. The van der Waals surface area contributed by atoms with Crippen LogP contribution in [-0.2, 0) is 16.1 Å². The van der Waals surface area contributed by atoms with Crippen LogP contribution in [0.2, 0.25) is 0 Å². The van der Waals surface area contributed by atoms with Gasteiger partial charge in [0.2, 0.25) is 0 Å². The van der Waals surface area contributed by atoms with E-state index in [0.29, 0.717) is 25.4 Å². The second-order valence-corrected chi connectivity index (χ2v) is 9.00. The van der Waals surface area contributed by atoms with E-state index in [1.165, 1.54) is 30.3 Å². The second-order valence-electron chi connectivity index (χ2n) is 9.00. The van der Waals surface area contributed by atoms with Gasteiger partial charge in [-0.15, -0.1) is 0 Å². The first kappa shape index (κ1) is 25.7. The van der Waals surface area contributed by atoms with E-state index in [-0.39, 0.29) is 18.4 Å². The van der Waals surface area contributed by atoms with Gasteiger partial charge in [-0.25, -0.2) is 13.2 Å². The molecule has 1 heterocycles. The van der Waals surface area contributed by atoms with E-state index in [1.54, 1.807) is 0 Å². The van der Waals surface area contributed by atoms with Crippen LogP contribution >= 0.6 is 0 Å². The molecule has 0 unspecified atom stereocenters. The molecule has 1 N–H and O–H groups in total. The summed E-state index contributed by atoms with van der Waals surface area (Å²) in [7, 11) is 0. The minimum Gasteiger partial charge on any atom is -0.479 e. The van der Waals surface area contributed by atoms with Crippen molar-refractivity contribution in [3.63, 3.8) is 0 Å². The number of aryl methyl sites for hydroxylation is 1. The average Bonchev–Trinajstić information content (AvgIpc) is 3.35. The average molecular weight is 499 g/mol. The highest BCUT2D eigenvalue weighted by Gasteiger charge is 2.27. The monoisotopic (exact) mass is 498 g/mol. The van der Waals surface area contributed by atoms with Crippen LogP contribution in [-0.4, -0.2) is 42.7 Å². The van der Waals surface area contributed by atoms with Gasteiger partial charge in [-0.1, -0.05) is 29.8 Å². The van der Waals surface area contributed by atoms with Gasteiger partial charge in [-0.2, -0.15) is 0 Å². The van der Waals surface area contributed by atoms with Gasteiger partial charge in [0.05, 0.1) is 6.10 Å². The summed E-state index contributed by atoms with van der Waals surface area (Å²) in [5, 5.41) is 2.73. The highest BCUT2D eigenvalue weighted by atomic mass is 19.2. The maximum Gasteiger partial charge on any atom is 0.266 e. The predicted octanol–water partition coefficient (Wildman–Crippen LogP) is 5.48. The number of hydrogen-bond donors (Lipinski definition) is 1. The Morgan fingerprint density at radius 3 is 2.58 bits per heavy atom. The van der Waals surface area contributed by atoms with Crippen molar-refractivity contribution in [1.82, 2.24) is 4.90 Å². The molecule has 0 aliphatic carbocycles. The van der Waals surface area contributed by atoms with Crippen molar-refractivity contribution in [3.05, 3.63) is 95.3 Å². The molecule has 1 amide bonds. The number of benzene rings is 3. The smallest absolute Gasteiger partial charge is 0.266 e. The van der Waals surface area contributed by atoms with Crippen molar-refractivity contribution in [3.8, 4) is 5.75 Å². The molecule has 0 bridgehead atoms. The van der Waals surface area contributed by atoms with E-state index in [0.717, 1.165) is 36.1 Å². The third kappa shape index (κ3) is 7.32. The van der Waals surface area contributed by atoms with E-state index in [1.807, 2.05) is 25.1 Å². The molecule has 0 saturated carbocycles. The van der Waals surface area contributed by atoms with Gasteiger partial charge >= 0.3 is 0 Å². The van der Waals surface area contributed by atoms with Crippen LogP contribution in [0.5, 0.6) is 5.75 Å². The summed E-state index contributed by atoms with van der Waals surface area (Å²) in [5.41, 5.74) is 2.58. The normalized spacial score (nSPS) is 16.2. The Balaban J connectivity index is 1.57. The lowest BCUT2D eigenvalue weighted by atomic mass is 10.1. The van der Waals surface area contributed by atoms with Crippen LogP contribution in [0, 0.1) is 24.4 Å². The Morgan fingerprint density at radius 2 is 1.89 bits per heavy atom. The molecule has 4 rings (SSSR count). The van der Waals surface area contributed by atoms with Gasteiger partial charge in [0.15, 0.2) is 17.7 Å². The quantitative estimate of drug-likeness (QED) is 0.402. The fourth-order valence-electron chi connectivity index (χ4n) is 4.23. The van der Waals surface area contributed by atoms with E-state index < -0.39 is 29.5 Å². The molecular formula is C28H29F3N2O3. The van der Waals surface area contributed by atoms with Crippen molar-refractivity contribution in [1.29, 1.82) is 0 Å². The summed E-state index contributed by atoms with van der Waals surface area (Å²) in [5.74, 6) is -2.97. The van der Waals surface area contributed by atoms with E-state index >= 15 is 0 Å². The molecule has 5 nitrogen and oxygen atoms in total. The molecule has 1 fully saturated rings. The first-order valence-corrected chi connectivity index (χ1v) is 11.9. The molecule has 190 valence electrons. The van der Waals surface area contributed by atoms with Crippen molar-refractivity contribution in [2.45, 2.75) is 38.5 Å². The molecule has 3 aromatic rings. The van der Waals surface area contributed by atoms with Crippen molar-refractivity contribution in [2.24, 2.45) is 0 Å². The number of nitrogens with zero attached hydrogens (tertiary/aromatic N) is 1. The van der Waals surface area contributed by atoms with Gasteiger partial charge in [0.1, 0.15) is 11.6 Å². The van der Waals surface area contributed by atoms with Gasteiger partial charge < -0.3 is 14.8 Å². The molecule has 2 atom stereocenters. The third-order valence-corrected chi connectivity index (χ3v) is 5.97. The maximum atomic E-state index is 13.9. The Bertz CT molecular complexity index is 1170. The zero-order valence-corrected chi connectivity index (χ0v) is 20.1. The molecule has 1 aliphatic heterocycles. The highest BCUT2D eigenvalue weighted by Crippen LogP contribution is 2.21. The van der Waals surface area contributed by atoms with E-state index in [2.05, 4.69) is 16.3 Å². The molecule has 36 heavy (non-hydrogen) atoms. The lowest BCUT2D eigenvalue weighted by Crippen LogP contribution is -2.45. The summed E-state index contributed by atoms with van der Waals surface area (Å²) in [6.07, 6.45) is 0.855. The Hall–Kier alpha value is -3.36.